The Hall–Kier alpha value is -2.26. The predicted molar refractivity (Wildman–Crippen MR) is 115 cm³/mol. The van der Waals surface area contributed by atoms with Crippen molar-refractivity contribution in [2.24, 2.45) is 0 Å². The third kappa shape index (κ3) is 4.06. The topological polar surface area (TPSA) is 71.4 Å². The van der Waals surface area contributed by atoms with Crippen molar-refractivity contribution in [2.45, 2.75) is 32.0 Å². The number of nitrogens with zero attached hydrogens (tertiary/aromatic N) is 2. The molecule has 8 heteroatoms. The van der Waals surface area contributed by atoms with Crippen molar-refractivity contribution in [1.29, 1.82) is 0 Å². The van der Waals surface area contributed by atoms with Crippen LogP contribution in [0.25, 0.3) is 21.5 Å². The zero-order chi connectivity index (χ0) is 19.6. The molecule has 150 valence electrons. The maximum absolute atomic E-state index is 12.8. The van der Waals surface area contributed by atoms with Gasteiger partial charge in [0.15, 0.2) is 0 Å². The van der Waals surface area contributed by atoms with E-state index in [2.05, 4.69) is 27.4 Å². The third-order valence-corrected chi connectivity index (χ3v) is 6.83. The summed E-state index contributed by atoms with van der Waals surface area (Å²) in [5.41, 5.74) is 0.677. The summed E-state index contributed by atoms with van der Waals surface area (Å²) in [5, 5.41) is 4.62. The van der Waals surface area contributed by atoms with Crippen molar-refractivity contribution in [3.05, 3.63) is 62.3 Å². The van der Waals surface area contributed by atoms with Crippen LogP contribution in [0.1, 0.15) is 23.5 Å². The van der Waals surface area contributed by atoms with E-state index in [0.29, 0.717) is 23.5 Å². The molecule has 4 aromatic heterocycles. The van der Waals surface area contributed by atoms with Crippen molar-refractivity contribution < 1.29 is 9.15 Å². The van der Waals surface area contributed by atoms with E-state index in [1.807, 2.05) is 17.5 Å². The minimum absolute atomic E-state index is 0.120. The lowest BCUT2D eigenvalue weighted by Gasteiger charge is -2.24. The molecule has 4 aromatic rings. The molecule has 1 aliphatic rings. The van der Waals surface area contributed by atoms with Crippen molar-refractivity contribution in [1.82, 2.24) is 14.9 Å². The number of aromatic amines is 1. The molecule has 0 bridgehead atoms. The quantitative estimate of drug-likeness (QED) is 0.471. The Balaban J connectivity index is 1.42. The molecule has 29 heavy (non-hydrogen) atoms. The molecule has 5 rings (SSSR count). The van der Waals surface area contributed by atoms with E-state index >= 15 is 0 Å². The van der Waals surface area contributed by atoms with Crippen molar-refractivity contribution in [3.63, 3.8) is 0 Å². The van der Waals surface area contributed by atoms with Gasteiger partial charge in [0.05, 0.1) is 24.3 Å². The Morgan fingerprint density at radius 1 is 1.24 bits per heavy atom. The largest absolute Gasteiger partial charge is 0.464 e. The first kappa shape index (κ1) is 18.7. The van der Waals surface area contributed by atoms with E-state index in [1.54, 1.807) is 17.6 Å². The fraction of sp³-hybridized carbons (Fsp3) is 0.333. The number of thiophene rings is 2. The lowest BCUT2D eigenvalue weighted by Crippen LogP contribution is -2.32. The van der Waals surface area contributed by atoms with E-state index in [4.69, 9.17) is 14.1 Å². The summed E-state index contributed by atoms with van der Waals surface area (Å²) in [7, 11) is 0. The molecule has 1 saturated heterocycles. The third-order valence-electron chi connectivity index (χ3n) is 5.10. The summed E-state index contributed by atoms with van der Waals surface area (Å²) in [6.07, 6.45) is 4.06. The maximum atomic E-state index is 12.8. The van der Waals surface area contributed by atoms with E-state index in [0.717, 1.165) is 42.9 Å². The second-order valence-corrected chi connectivity index (χ2v) is 9.09. The average Bonchev–Trinajstić information content (AvgIpc) is 3.49. The van der Waals surface area contributed by atoms with Crippen LogP contribution in [0.2, 0.25) is 0 Å². The molecule has 0 saturated carbocycles. The van der Waals surface area contributed by atoms with E-state index < -0.39 is 0 Å². The van der Waals surface area contributed by atoms with Crippen LogP contribution in [0, 0.1) is 0 Å². The summed E-state index contributed by atoms with van der Waals surface area (Å²) < 4.78 is 11.3. The van der Waals surface area contributed by atoms with Crippen molar-refractivity contribution in [2.75, 3.05) is 13.2 Å². The zero-order valence-electron chi connectivity index (χ0n) is 15.8. The molecule has 0 amide bonds. The number of hydrogen-bond donors (Lipinski definition) is 1. The highest BCUT2D eigenvalue weighted by Gasteiger charge is 2.21. The van der Waals surface area contributed by atoms with Crippen LogP contribution in [0.3, 0.4) is 0 Å². The molecule has 6 nitrogen and oxygen atoms in total. The molecule has 1 atom stereocenters. The second-order valence-electron chi connectivity index (χ2n) is 7.20. The second kappa shape index (κ2) is 8.23. The van der Waals surface area contributed by atoms with Gasteiger partial charge in [0, 0.05) is 35.5 Å². The molecular weight excluding hydrogens is 406 g/mol. The molecule has 0 spiro atoms. The molecule has 1 fully saturated rings. The molecule has 5 heterocycles. The minimum Gasteiger partial charge on any atom is -0.464 e. The van der Waals surface area contributed by atoms with E-state index in [9.17, 15) is 4.79 Å². The van der Waals surface area contributed by atoms with Gasteiger partial charge in [0.1, 0.15) is 16.4 Å². The van der Waals surface area contributed by atoms with Gasteiger partial charge < -0.3 is 14.1 Å². The first-order chi connectivity index (χ1) is 14.3. The highest BCUT2D eigenvalue weighted by Crippen LogP contribution is 2.31. The molecular formula is C21H21N3O3S2. The van der Waals surface area contributed by atoms with Gasteiger partial charge in [0.25, 0.3) is 5.56 Å². The van der Waals surface area contributed by atoms with Crippen molar-refractivity contribution in [3.8, 4) is 11.3 Å². The summed E-state index contributed by atoms with van der Waals surface area (Å²) in [6.45, 7) is 3.07. The van der Waals surface area contributed by atoms with Gasteiger partial charge in [-0.1, -0.05) is 6.07 Å². The Bertz CT molecular complexity index is 1130. The van der Waals surface area contributed by atoms with Gasteiger partial charge in [-0.2, -0.15) is 0 Å². The predicted octanol–water partition coefficient (Wildman–Crippen LogP) is 4.49. The van der Waals surface area contributed by atoms with Gasteiger partial charge in [-0.15, -0.1) is 22.7 Å². The monoisotopic (exact) mass is 427 g/mol. The molecule has 0 radical (unpaired) electrons. The summed E-state index contributed by atoms with van der Waals surface area (Å²) >= 11 is 3.22. The number of aromatic nitrogens is 2. The van der Waals surface area contributed by atoms with Crippen LogP contribution in [-0.4, -0.2) is 34.1 Å². The molecule has 0 aromatic carbocycles. The van der Waals surface area contributed by atoms with Gasteiger partial charge >= 0.3 is 0 Å². The average molecular weight is 428 g/mol. The highest BCUT2D eigenvalue weighted by molar-refractivity contribution is 7.17. The smallest absolute Gasteiger partial charge is 0.260 e. The molecule has 0 aliphatic carbocycles. The first-order valence-electron chi connectivity index (χ1n) is 9.67. The van der Waals surface area contributed by atoms with Crippen LogP contribution in [-0.2, 0) is 17.8 Å². The Morgan fingerprint density at radius 3 is 2.97 bits per heavy atom. The molecule has 1 N–H and O–H groups in total. The van der Waals surface area contributed by atoms with Gasteiger partial charge in [-0.25, -0.2) is 4.98 Å². The maximum Gasteiger partial charge on any atom is 0.260 e. The number of H-pyrrole nitrogens is 1. The van der Waals surface area contributed by atoms with Crippen LogP contribution < -0.4 is 5.56 Å². The SMILES string of the molecule is O=c1[nH]c(CN(Cc2cccs2)CC2CCCO2)nc2scc(-c3ccco3)c12. The summed E-state index contributed by atoms with van der Waals surface area (Å²) in [4.78, 5) is 24.9. The number of ether oxygens (including phenoxy) is 1. The van der Waals surface area contributed by atoms with Crippen LogP contribution in [0.4, 0.5) is 0 Å². The van der Waals surface area contributed by atoms with Crippen LogP contribution in [0.15, 0.2) is 50.5 Å². The van der Waals surface area contributed by atoms with E-state index in [1.165, 1.54) is 16.2 Å². The van der Waals surface area contributed by atoms with Crippen molar-refractivity contribution >= 4 is 32.9 Å². The Kier molecular flexibility index (Phi) is 5.32. The lowest BCUT2D eigenvalue weighted by molar-refractivity contribution is 0.0674. The van der Waals surface area contributed by atoms with E-state index in [-0.39, 0.29) is 11.7 Å². The standard InChI is InChI=1S/C21H21N3O3S2/c25-20-19-16(17-6-2-8-27-17)13-29-21(19)23-18(22-20)12-24(10-14-4-1-7-26-14)11-15-5-3-9-28-15/h2-3,5-6,8-9,13-14H,1,4,7,10-12H2,(H,22,23,25). The summed E-state index contributed by atoms with van der Waals surface area (Å²) in [6, 6.07) is 7.89. The van der Waals surface area contributed by atoms with Gasteiger partial charge in [-0.3, -0.25) is 9.69 Å². The molecule has 1 aliphatic heterocycles. The van der Waals surface area contributed by atoms with Crippen LogP contribution in [0.5, 0.6) is 0 Å². The minimum atomic E-state index is -0.120. The molecule has 1 unspecified atom stereocenters. The number of furan rings is 1. The Morgan fingerprint density at radius 2 is 2.21 bits per heavy atom. The summed E-state index contributed by atoms with van der Waals surface area (Å²) in [5.74, 6) is 1.37. The number of hydrogen-bond acceptors (Lipinski definition) is 7. The number of nitrogens with one attached hydrogen (secondary N) is 1. The lowest BCUT2D eigenvalue weighted by atomic mass is 10.2. The zero-order valence-corrected chi connectivity index (χ0v) is 17.4. The Labute approximate surface area is 175 Å². The first-order valence-corrected chi connectivity index (χ1v) is 11.4. The van der Waals surface area contributed by atoms with Crippen LogP contribution >= 0.6 is 22.7 Å². The van der Waals surface area contributed by atoms with Gasteiger partial charge in [-0.05, 0) is 36.4 Å². The van der Waals surface area contributed by atoms with Gasteiger partial charge in [0.2, 0.25) is 0 Å². The highest BCUT2D eigenvalue weighted by atomic mass is 32.1. The fourth-order valence-corrected chi connectivity index (χ4v) is 5.47. The number of rotatable bonds is 7. The number of fused-ring (bicyclic) bond motifs is 1. The fourth-order valence-electron chi connectivity index (χ4n) is 3.78. The normalized spacial score (nSPS) is 16.9.